The van der Waals surface area contributed by atoms with E-state index in [1.54, 1.807) is 80.6 Å². The molecule has 1 aliphatic heterocycles. The van der Waals surface area contributed by atoms with Crippen LogP contribution in [0, 0.1) is 0 Å². The van der Waals surface area contributed by atoms with Gasteiger partial charge in [0.05, 0.1) is 34.0 Å². The molecule has 2 atom stereocenters. The number of ether oxygens (including phenoxy) is 7. The van der Waals surface area contributed by atoms with Crippen LogP contribution in [0.3, 0.4) is 0 Å². The molecule has 0 unspecified atom stereocenters. The second kappa shape index (κ2) is 13.7. The van der Waals surface area contributed by atoms with Crippen LogP contribution in [0.25, 0.3) is 23.1 Å². The molecule has 3 aromatic carbocycles. The molecule has 1 aliphatic rings. The fraction of sp³-hybridized carbons (Fsp3) is 0.250. The van der Waals surface area contributed by atoms with Gasteiger partial charge in [-0.05, 0) is 79.6 Å². The maximum absolute atomic E-state index is 13.4. The minimum atomic E-state index is -1.22. The molecule has 0 bridgehead atoms. The van der Waals surface area contributed by atoms with Crippen molar-refractivity contribution >= 4 is 35.1 Å². The average Bonchev–Trinajstić information content (AvgIpc) is 3.06. The molecule has 0 saturated heterocycles. The van der Waals surface area contributed by atoms with E-state index in [2.05, 4.69) is 0 Å². The van der Waals surface area contributed by atoms with Gasteiger partial charge in [-0.1, -0.05) is 12.1 Å². The molecule has 244 valence electrons. The van der Waals surface area contributed by atoms with E-state index in [9.17, 15) is 14.4 Å². The summed E-state index contributed by atoms with van der Waals surface area (Å²) in [5, 5.41) is 0.562. The molecule has 11 heteroatoms. The fourth-order valence-corrected chi connectivity index (χ4v) is 5.25. The third kappa shape index (κ3) is 7.09. The molecule has 11 nitrogen and oxygen atoms in total. The van der Waals surface area contributed by atoms with E-state index in [1.165, 1.54) is 46.7 Å². The average molecular weight is 643 g/mol. The van der Waals surface area contributed by atoms with Crippen molar-refractivity contribution < 1.29 is 47.2 Å². The molecular formula is C36H34O11. The van der Waals surface area contributed by atoms with E-state index in [-0.39, 0.29) is 11.1 Å². The number of esters is 2. The van der Waals surface area contributed by atoms with Crippen LogP contribution in [-0.4, -0.2) is 52.1 Å². The Bertz CT molecular complexity index is 1920. The number of hydrogen-bond donors (Lipinski definition) is 0. The lowest BCUT2D eigenvalue weighted by molar-refractivity contribution is -0.184. The van der Waals surface area contributed by atoms with Crippen LogP contribution in [-0.2, 0) is 19.1 Å². The van der Waals surface area contributed by atoms with Gasteiger partial charge in [0.1, 0.15) is 16.9 Å². The summed E-state index contributed by atoms with van der Waals surface area (Å²) in [6.45, 7) is 3.41. The molecule has 5 rings (SSSR count). The van der Waals surface area contributed by atoms with Crippen molar-refractivity contribution in [1.29, 1.82) is 0 Å². The quantitative estimate of drug-likeness (QED) is 0.116. The third-order valence-electron chi connectivity index (χ3n) is 7.53. The second-order valence-corrected chi connectivity index (χ2v) is 11.0. The van der Waals surface area contributed by atoms with Gasteiger partial charge in [0, 0.05) is 23.6 Å². The summed E-state index contributed by atoms with van der Waals surface area (Å²) in [6.07, 6.45) is 3.20. The van der Waals surface area contributed by atoms with Gasteiger partial charge in [0.25, 0.3) is 0 Å². The molecule has 0 fully saturated rings. The number of rotatable bonds is 10. The molecule has 0 spiro atoms. The molecule has 0 amide bonds. The van der Waals surface area contributed by atoms with E-state index < -0.39 is 35.4 Å². The number of benzene rings is 3. The van der Waals surface area contributed by atoms with E-state index in [0.717, 1.165) is 0 Å². The largest absolute Gasteiger partial charge is 0.493 e. The Labute approximate surface area is 270 Å². The standard InChI is InChI=1S/C36H34O11/c1-36(2)35(46-31(39)17-10-22-8-14-25(41-4)28(20-22)43-6)34(32-26(47-36)15-11-23-12-18-30(38)44-33(23)32)45-29(37)16-9-21-7-13-24(40-3)27(19-21)42-5/h7-20,34-35H,1-6H3/b16-9+,17-10+/t34-,35-/m0/s1. The minimum absolute atomic E-state index is 0.147. The van der Waals surface area contributed by atoms with Crippen LogP contribution >= 0.6 is 0 Å². The molecule has 0 N–H and O–H groups in total. The summed E-state index contributed by atoms with van der Waals surface area (Å²) < 4.78 is 45.0. The predicted molar refractivity (Wildman–Crippen MR) is 173 cm³/mol. The maximum Gasteiger partial charge on any atom is 0.336 e. The third-order valence-corrected chi connectivity index (χ3v) is 7.53. The van der Waals surface area contributed by atoms with E-state index >= 15 is 0 Å². The number of fused-ring (bicyclic) bond motifs is 3. The SMILES string of the molecule is COc1ccc(/C=C/C(=O)O[C@H]2c3c(ccc4ccc(=O)oc34)OC(C)(C)[C@H]2OC(=O)/C=C/c2ccc(OC)c(OC)c2)cc1OC. The zero-order chi connectivity index (χ0) is 33.7. The van der Waals surface area contributed by atoms with Crippen molar-refractivity contribution in [1.82, 2.24) is 0 Å². The molecule has 0 saturated carbocycles. The van der Waals surface area contributed by atoms with Crippen LogP contribution < -0.4 is 29.3 Å². The van der Waals surface area contributed by atoms with Gasteiger partial charge >= 0.3 is 17.6 Å². The predicted octanol–water partition coefficient (Wildman–Crippen LogP) is 5.92. The van der Waals surface area contributed by atoms with Crippen molar-refractivity contribution in [3.63, 3.8) is 0 Å². The highest BCUT2D eigenvalue weighted by molar-refractivity contribution is 5.90. The molecule has 1 aromatic heterocycles. The Kier molecular flexibility index (Phi) is 9.55. The minimum Gasteiger partial charge on any atom is -0.493 e. The highest BCUT2D eigenvalue weighted by atomic mass is 16.6. The van der Waals surface area contributed by atoms with Crippen LogP contribution in [0.4, 0.5) is 0 Å². The van der Waals surface area contributed by atoms with Crippen molar-refractivity contribution in [2.75, 3.05) is 28.4 Å². The number of carbonyl (C=O) groups excluding carboxylic acids is 2. The lowest BCUT2D eigenvalue weighted by atomic mass is 9.87. The van der Waals surface area contributed by atoms with Crippen molar-refractivity contribution in [3.8, 4) is 28.7 Å². The van der Waals surface area contributed by atoms with Gasteiger partial charge in [-0.15, -0.1) is 0 Å². The summed E-state index contributed by atoms with van der Waals surface area (Å²) in [7, 11) is 6.08. The van der Waals surface area contributed by atoms with Crippen molar-refractivity contribution in [2.24, 2.45) is 0 Å². The van der Waals surface area contributed by atoms with Gasteiger partial charge in [-0.25, -0.2) is 14.4 Å². The van der Waals surface area contributed by atoms with Gasteiger partial charge in [0.2, 0.25) is 0 Å². The first-order valence-corrected chi connectivity index (χ1v) is 14.5. The number of carbonyl (C=O) groups is 2. The maximum atomic E-state index is 13.4. The molecular weight excluding hydrogens is 608 g/mol. The first kappa shape index (κ1) is 32.7. The fourth-order valence-electron chi connectivity index (χ4n) is 5.25. The first-order chi connectivity index (χ1) is 22.6. The Hall–Kier alpha value is -5.71. The zero-order valence-electron chi connectivity index (χ0n) is 26.7. The highest BCUT2D eigenvalue weighted by Gasteiger charge is 2.50. The summed E-state index contributed by atoms with van der Waals surface area (Å²) in [5.41, 5.74) is -0.0866. The summed E-state index contributed by atoms with van der Waals surface area (Å²) in [5.74, 6) is 0.883. The van der Waals surface area contributed by atoms with Gasteiger partial charge in [-0.2, -0.15) is 0 Å². The molecule has 2 heterocycles. The van der Waals surface area contributed by atoms with Crippen LogP contribution in [0.15, 0.2) is 82.0 Å². The molecule has 0 aliphatic carbocycles. The molecule has 4 aromatic rings. The zero-order valence-corrected chi connectivity index (χ0v) is 26.7. The van der Waals surface area contributed by atoms with E-state index in [1.807, 2.05) is 0 Å². The lowest BCUT2D eigenvalue weighted by Crippen LogP contribution is -2.52. The lowest BCUT2D eigenvalue weighted by Gasteiger charge is -2.43. The van der Waals surface area contributed by atoms with Crippen LogP contribution in [0.2, 0.25) is 0 Å². The van der Waals surface area contributed by atoms with Crippen LogP contribution in [0.1, 0.15) is 36.6 Å². The van der Waals surface area contributed by atoms with Crippen molar-refractivity contribution in [3.05, 3.63) is 99.9 Å². The molecule has 0 radical (unpaired) electrons. The van der Waals surface area contributed by atoms with Gasteiger partial charge < -0.3 is 37.6 Å². The Balaban J connectivity index is 1.49. The van der Waals surface area contributed by atoms with Gasteiger partial charge in [-0.3, -0.25) is 0 Å². The summed E-state index contributed by atoms with van der Waals surface area (Å²) in [6, 6.07) is 16.6. The van der Waals surface area contributed by atoms with Crippen molar-refractivity contribution in [2.45, 2.75) is 31.7 Å². The van der Waals surface area contributed by atoms with Crippen LogP contribution in [0.5, 0.6) is 28.7 Å². The number of hydrogen-bond acceptors (Lipinski definition) is 11. The Morgan fingerprint density at radius 2 is 1.23 bits per heavy atom. The van der Waals surface area contributed by atoms with E-state index in [4.69, 9.17) is 37.6 Å². The highest BCUT2D eigenvalue weighted by Crippen LogP contribution is 2.46. The Morgan fingerprint density at radius 1 is 0.702 bits per heavy atom. The summed E-state index contributed by atoms with van der Waals surface area (Å²) >= 11 is 0. The topological polar surface area (TPSA) is 129 Å². The monoisotopic (exact) mass is 642 g/mol. The Morgan fingerprint density at radius 3 is 1.79 bits per heavy atom. The first-order valence-electron chi connectivity index (χ1n) is 14.5. The van der Waals surface area contributed by atoms with E-state index in [0.29, 0.717) is 45.3 Å². The normalized spacial score (nSPS) is 16.7. The smallest absolute Gasteiger partial charge is 0.336 e. The number of methoxy groups -OCH3 is 4. The second-order valence-electron chi connectivity index (χ2n) is 11.0. The van der Waals surface area contributed by atoms with Gasteiger partial charge in [0.15, 0.2) is 35.2 Å². The molecule has 47 heavy (non-hydrogen) atoms. The summed E-state index contributed by atoms with van der Waals surface area (Å²) in [4.78, 5) is 38.9.